The van der Waals surface area contributed by atoms with Crippen LogP contribution in [0.15, 0.2) is 48.5 Å². The van der Waals surface area contributed by atoms with Gasteiger partial charge in [-0.2, -0.15) is 10.5 Å². The highest BCUT2D eigenvalue weighted by Crippen LogP contribution is 2.60. The normalized spacial score (nSPS) is 28.0. The highest BCUT2D eigenvalue weighted by molar-refractivity contribution is 6.17. The molecule has 0 N–H and O–H groups in total. The molecule has 2 aromatic carbocycles. The van der Waals surface area contributed by atoms with E-state index in [0.717, 1.165) is 0 Å². The van der Waals surface area contributed by atoms with E-state index in [0.29, 0.717) is 22.3 Å². The van der Waals surface area contributed by atoms with E-state index in [1.54, 1.807) is 67.5 Å². The fourth-order valence-electron chi connectivity index (χ4n) is 6.14. The molecule has 4 unspecified atom stereocenters. The average molecular weight is 487 g/mol. The summed E-state index contributed by atoms with van der Waals surface area (Å²) < 4.78 is 10.4. The van der Waals surface area contributed by atoms with Gasteiger partial charge in [0.05, 0.1) is 49.6 Å². The van der Waals surface area contributed by atoms with Gasteiger partial charge in [0.2, 0.25) is 0 Å². The molecule has 0 saturated carbocycles. The van der Waals surface area contributed by atoms with E-state index < -0.39 is 40.6 Å². The van der Waals surface area contributed by atoms with Crippen LogP contribution in [0.2, 0.25) is 0 Å². The van der Waals surface area contributed by atoms with Crippen LogP contribution in [0.25, 0.3) is 0 Å². The lowest BCUT2D eigenvalue weighted by Crippen LogP contribution is -2.75. The van der Waals surface area contributed by atoms with Crippen LogP contribution in [-0.2, 0) is 23.9 Å². The van der Waals surface area contributed by atoms with Crippen LogP contribution in [-0.4, -0.2) is 68.9 Å². The second-order valence-corrected chi connectivity index (χ2v) is 9.37. The van der Waals surface area contributed by atoms with Gasteiger partial charge in [0, 0.05) is 13.1 Å². The Morgan fingerprint density at radius 3 is 1.47 bits per heavy atom. The minimum Gasteiger partial charge on any atom is -0.468 e. The predicted molar refractivity (Wildman–Crippen MR) is 127 cm³/mol. The van der Waals surface area contributed by atoms with E-state index in [1.165, 1.54) is 14.2 Å². The highest BCUT2D eigenvalue weighted by atomic mass is 16.5. The number of carbonyl (C=O) groups excluding carboxylic acids is 3. The molecule has 2 aliphatic rings. The van der Waals surface area contributed by atoms with E-state index >= 15 is 0 Å². The van der Waals surface area contributed by atoms with Crippen LogP contribution >= 0.6 is 0 Å². The number of fused-ring (bicyclic) bond motifs is 2. The Balaban J connectivity index is 2.05. The predicted octanol–water partition coefficient (Wildman–Crippen LogP) is 1.99. The summed E-state index contributed by atoms with van der Waals surface area (Å²) in [5, 5.41) is 18.5. The summed E-state index contributed by atoms with van der Waals surface area (Å²) in [5.74, 6) is -2.05. The number of carbonyl (C=O) groups is 3. The maximum Gasteiger partial charge on any atom is 0.322 e. The van der Waals surface area contributed by atoms with E-state index in [9.17, 15) is 24.9 Å². The van der Waals surface area contributed by atoms with Crippen LogP contribution in [0.1, 0.15) is 34.3 Å². The van der Waals surface area contributed by atoms with Crippen molar-refractivity contribution in [1.82, 2.24) is 9.80 Å². The molecule has 2 bridgehead atoms. The molecule has 0 radical (unpaired) electrons. The van der Waals surface area contributed by atoms with Crippen LogP contribution in [0, 0.1) is 33.5 Å². The van der Waals surface area contributed by atoms with Crippen molar-refractivity contribution >= 4 is 17.7 Å². The molecule has 2 aliphatic heterocycles. The Morgan fingerprint density at radius 2 is 1.17 bits per heavy atom. The lowest BCUT2D eigenvalue weighted by atomic mass is 9.54. The van der Waals surface area contributed by atoms with Gasteiger partial charge >= 0.3 is 11.9 Å². The zero-order valence-electron chi connectivity index (χ0n) is 20.5. The first-order chi connectivity index (χ1) is 17.2. The lowest BCUT2D eigenvalue weighted by molar-refractivity contribution is -0.202. The molecule has 2 heterocycles. The third-order valence-electron chi connectivity index (χ3n) is 7.41. The van der Waals surface area contributed by atoms with Crippen molar-refractivity contribution in [2.45, 2.75) is 12.1 Å². The van der Waals surface area contributed by atoms with Crippen LogP contribution in [0.3, 0.4) is 0 Å². The van der Waals surface area contributed by atoms with Gasteiger partial charge in [-0.1, -0.05) is 24.3 Å². The third-order valence-corrected chi connectivity index (χ3v) is 7.41. The number of benzene rings is 2. The van der Waals surface area contributed by atoms with Gasteiger partial charge in [-0.25, -0.2) is 0 Å². The molecule has 0 spiro atoms. The van der Waals surface area contributed by atoms with Crippen molar-refractivity contribution in [3.63, 3.8) is 0 Å². The first-order valence-corrected chi connectivity index (χ1v) is 11.3. The number of nitriles is 2. The van der Waals surface area contributed by atoms with E-state index in [1.807, 2.05) is 4.90 Å². The molecule has 4 atom stereocenters. The zero-order chi connectivity index (χ0) is 26.3. The monoisotopic (exact) mass is 486 g/mol. The van der Waals surface area contributed by atoms with E-state index in [-0.39, 0.29) is 13.1 Å². The lowest BCUT2D eigenvalue weighted by Gasteiger charge is -2.60. The quantitative estimate of drug-likeness (QED) is 0.471. The molecule has 4 rings (SSSR count). The number of esters is 2. The third kappa shape index (κ3) is 3.40. The molecule has 9 nitrogen and oxygen atoms in total. The minimum absolute atomic E-state index is 0.0341. The molecule has 2 fully saturated rings. The number of rotatable bonds is 4. The Kier molecular flexibility index (Phi) is 6.40. The van der Waals surface area contributed by atoms with Crippen molar-refractivity contribution in [3.8, 4) is 12.1 Å². The van der Waals surface area contributed by atoms with Crippen molar-refractivity contribution in [2.75, 3.05) is 41.4 Å². The molecule has 2 aromatic rings. The number of ether oxygens (including phenoxy) is 2. The Hall–Kier alpha value is -4.05. The number of hydrogen-bond acceptors (Lipinski definition) is 9. The number of ketones is 1. The molecule has 2 saturated heterocycles. The molecule has 0 aromatic heterocycles. The summed E-state index contributed by atoms with van der Waals surface area (Å²) >= 11 is 0. The summed E-state index contributed by atoms with van der Waals surface area (Å²) in [4.78, 5) is 45.3. The number of nitrogens with zero attached hydrogens (tertiary/aromatic N) is 4. The van der Waals surface area contributed by atoms with Gasteiger partial charge < -0.3 is 14.4 Å². The van der Waals surface area contributed by atoms with Gasteiger partial charge in [0.1, 0.15) is 0 Å². The fourth-order valence-corrected chi connectivity index (χ4v) is 6.14. The summed E-state index contributed by atoms with van der Waals surface area (Å²) in [6.45, 7) is 0.0682. The minimum atomic E-state index is -1.73. The van der Waals surface area contributed by atoms with Crippen LogP contribution in [0.4, 0.5) is 0 Å². The van der Waals surface area contributed by atoms with Gasteiger partial charge in [-0.3, -0.25) is 19.3 Å². The first-order valence-electron chi connectivity index (χ1n) is 11.3. The second kappa shape index (κ2) is 9.19. The number of methoxy groups -OCH3 is 2. The fraction of sp³-hybridized carbons (Fsp3) is 0.370. The van der Waals surface area contributed by atoms with Crippen LogP contribution in [0.5, 0.6) is 0 Å². The first kappa shape index (κ1) is 25.1. The van der Waals surface area contributed by atoms with Gasteiger partial charge in [-0.15, -0.1) is 0 Å². The summed E-state index contributed by atoms with van der Waals surface area (Å²) in [6, 6.07) is 15.9. The molecule has 0 amide bonds. The Labute approximate surface area is 209 Å². The summed E-state index contributed by atoms with van der Waals surface area (Å²) in [6.07, 6.45) is 0. The standard InChI is InChI=1S/C27H26N4O5/c1-30-15-26(24(33)35-3)21(19-9-5-17(13-28)6-10-19)31(2)22(20-11-7-18(14-29)8-12-20)27(16-30,23(26)32)25(34)36-4/h5-12,21-22H,15-16H2,1-4H3. The van der Waals surface area contributed by atoms with Crippen LogP contribution < -0.4 is 0 Å². The maximum absolute atomic E-state index is 14.6. The average Bonchev–Trinajstić information content (AvgIpc) is 2.90. The maximum atomic E-state index is 14.6. The van der Waals surface area contributed by atoms with Gasteiger partial charge in [0.25, 0.3) is 0 Å². The Bertz CT molecular complexity index is 1200. The van der Waals surface area contributed by atoms with Gasteiger partial charge in [0.15, 0.2) is 16.6 Å². The molecule has 184 valence electrons. The number of hydrogen-bond donors (Lipinski definition) is 0. The Morgan fingerprint density at radius 1 is 0.806 bits per heavy atom. The number of Topliss-reactive ketones (excluding diaryl/α,β-unsaturated/α-hetero) is 1. The van der Waals surface area contributed by atoms with Gasteiger partial charge in [-0.05, 0) is 49.5 Å². The van der Waals surface area contributed by atoms with Crippen molar-refractivity contribution in [1.29, 1.82) is 10.5 Å². The summed E-state index contributed by atoms with van der Waals surface area (Å²) in [7, 11) is 5.96. The van der Waals surface area contributed by atoms with Crippen molar-refractivity contribution < 1.29 is 23.9 Å². The van der Waals surface area contributed by atoms with E-state index in [4.69, 9.17) is 9.47 Å². The van der Waals surface area contributed by atoms with Crippen molar-refractivity contribution in [2.24, 2.45) is 10.8 Å². The smallest absolute Gasteiger partial charge is 0.322 e. The second-order valence-electron chi connectivity index (χ2n) is 9.37. The summed E-state index contributed by atoms with van der Waals surface area (Å²) in [5.41, 5.74) is -1.34. The van der Waals surface area contributed by atoms with E-state index in [2.05, 4.69) is 12.1 Å². The number of likely N-dealkylation sites (tertiary alicyclic amines) is 2. The topological polar surface area (TPSA) is 124 Å². The molecular formula is C27H26N4O5. The SMILES string of the molecule is COC(=O)C12CN(C)CC(C(=O)OC)(C1=O)C(c1ccc(C#N)cc1)N(C)C2c1ccc(C#N)cc1. The number of piperidine rings is 2. The molecular weight excluding hydrogens is 460 g/mol. The molecule has 9 heteroatoms. The highest BCUT2D eigenvalue weighted by Gasteiger charge is 2.74. The zero-order valence-corrected chi connectivity index (χ0v) is 20.5. The largest absolute Gasteiger partial charge is 0.468 e. The molecule has 0 aliphatic carbocycles. The van der Waals surface area contributed by atoms with Crippen molar-refractivity contribution in [3.05, 3.63) is 70.8 Å². The molecule has 36 heavy (non-hydrogen) atoms.